The van der Waals surface area contributed by atoms with E-state index in [9.17, 15) is 22.4 Å². The molecule has 1 N–H and O–H groups in total. The zero-order chi connectivity index (χ0) is 26.6. The maximum Gasteiger partial charge on any atom is 0.332 e. The number of aryl methyl sites for hydroxylation is 1. The number of rotatable bonds is 6. The highest BCUT2D eigenvalue weighted by molar-refractivity contribution is 7.86. The Morgan fingerprint density at radius 3 is 2.61 bits per heavy atom. The van der Waals surface area contributed by atoms with Gasteiger partial charge in [0.2, 0.25) is 0 Å². The van der Waals surface area contributed by atoms with Crippen LogP contribution in [0.2, 0.25) is 0 Å². The lowest BCUT2D eigenvalue weighted by atomic mass is 9.90. The number of fused-ring (bicyclic) bond motifs is 4. The number of unbranched alkanes of at least 4 members (excludes halogenated alkanes) is 1. The van der Waals surface area contributed by atoms with E-state index in [1.165, 1.54) is 12.1 Å². The number of hydrogen-bond donors (Lipinski definition) is 1. The molecule has 3 aromatic carbocycles. The van der Waals surface area contributed by atoms with Gasteiger partial charge in [0.25, 0.3) is 0 Å². The van der Waals surface area contributed by atoms with Crippen LogP contribution in [0.3, 0.4) is 0 Å². The molecule has 0 atom stereocenters. The molecule has 1 aliphatic rings. The number of benzene rings is 3. The molecule has 0 saturated heterocycles. The molecule has 1 aliphatic carbocycles. The summed E-state index contributed by atoms with van der Waals surface area (Å²) in [5.74, 6) is 0. The van der Waals surface area contributed by atoms with Crippen molar-refractivity contribution < 1.29 is 12.3 Å². The smallest absolute Gasteiger partial charge is 0.332 e. The summed E-state index contributed by atoms with van der Waals surface area (Å²) in [6, 6.07) is 17.5. The van der Waals surface area contributed by atoms with Crippen LogP contribution in [0.15, 0.2) is 64.3 Å². The molecule has 0 radical (unpaired) electrons. The molecule has 1 fully saturated rings. The van der Waals surface area contributed by atoms with Crippen molar-refractivity contribution in [2.45, 2.75) is 56.4 Å². The zero-order valence-corrected chi connectivity index (χ0v) is 21.7. The molecule has 2 heterocycles. The topological polar surface area (TPSA) is 95.7 Å². The molecule has 8 heteroatoms. The molecule has 0 spiro atoms. The van der Waals surface area contributed by atoms with Gasteiger partial charge in [-0.25, -0.2) is 0 Å². The second kappa shape index (κ2) is 9.10. The van der Waals surface area contributed by atoms with E-state index < -0.39 is 10.2 Å². The quantitative estimate of drug-likeness (QED) is 0.243. The summed E-state index contributed by atoms with van der Waals surface area (Å²) in [6.45, 7) is 2.09. The lowest BCUT2D eigenvalue weighted by molar-refractivity contribution is 0.327. The van der Waals surface area contributed by atoms with Crippen molar-refractivity contribution in [3.05, 3.63) is 75.9 Å². The predicted molar refractivity (Wildman–Crippen MR) is 148 cm³/mol. The molecule has 38 heavy (non-hydrogen) atoms. The van der Waals surface area contributed by atoms with Crippen LogP contribution in [0.5, 0.6) is 0 Å². The minimum atomic E-state index is -4.86. The molecule has 0 unspecified atom stereocenters. The molecular formula is C30H26FN3O3S. The van der Waals surface area contributed by atoms with Crippen LogP contribution in [0, 0.1) is 11.3 Å². The van der Waals surface area contributed by atoms with Crippen LogP contribution >= 0.6 is 0 Å². The van der Waals surface area contributed by atoms with Crippen molar-refractivity contribution >= 4 is 43.1 Å². The Labute approximate surface area is 219 Å². The Morgan fingerprint density at radius 1 is 1.11 bits per heavy atom. The molecule has 192 valence electrons. The Morgan fingerprint density at radius 2 is 1.92 bits per heavy atom. The Balaban J connectivity index is 1.73. The molecule has 0 bridgehead atoms. The van der Waals surface area contributed by atoms with Gasteiger partial charge in [0.05, 0.1) is 27.4 Å². The van der Waals surface area contributed by atoms with Crippen molar-refractivity contribution in [3.8, 4) is 17.2 Å². The van der Waals surface area contributed by atoms with Crippen LogP contribution in [0.1, 0.15) is 56.2 Å². The van der Waals surface area contributed by atoms with E-state index >= 15 is 0 Å². The summed E-state index contributed by atoms with van der Waals surface area (Å²) < 4.78 is 39.4. The van der Waals surface area contributed by atoms with Crippen molar-refractivity contribution in [2.24, 2.45) is 0 Å². The highest BCUT2D eigenvalue weighted by atomic mass is 32.3. The SMILES string of the molecule is CCCCc1cc2c(=O)c3c4ccc(C#N)cc4[nH]c3n(C3CCC3)c2cc1-c1cccc(S(=O)(=O)F)c1. The number of hydrogen-bond acceptors (Lipinski definition) is 4. The summed E-state index contributed by atoms with van der Waals surface area (Å²) >= 11 is 0. The average Bonchev–Trinajstić information content (AvgIpc) is 3.26. The van der Waals surface area contributed by atoms with Gasteiger partial charge in [0, 0.05) is 22.3 Å². The van der Waals surface area contributed by atoms with Crippen molar-refractivity contribution in [1.82, 2.24) is 9.55 Å². The molecular weight excluding hydrogens is 501 g/mol. The van der Waals surface area contributed by atoms with Gasteiger partial charge in [0.15, 0.2) is 5.43 Å². The minimum Gasteiger partial charge on any atom is -0.340 e. The van der Waals surface area contributed by atoms with E-state index in [1.54, 1.807) is 24.3 Å². The average molecular weight is 528 g/mol. The first-order chi connectivity index (χ1) is 18.3. The van der Waals surface area contributed by atoms with Gasteiger partial charge in [-0.1, -0.05) is 31.5 Å². The van der Waals surface area contributed by atoms with E-state index in [2.05, 4.69) is 22.5 Å². The van der Waals surface area contributed by atoms with Gasteiger partial charge < -0.3 is 9.55 Å². The van der Waals surface area contributed by atoms with Crippen molar-refractivity contribution in [2.75, 3.05) is 0 Å². The summed E-state index contributed by atoms with van der Waals surface area (Å²) in [5, 5.41) is 11.4. The maximum atomic E-state index is 14.0. The Hall–Kier alpha value is -3.96. The van der Waals surface area contributed by atoms with Gasteiger partial charge in [-0.2, -0.15) is 13.7 Å². The van der Waals surface area contributed by atoms with Crippen molar-refractivity contribution in [1.29, 1.82) is 5.26 Å². The van der Waals surface area contributed by atoms with Gasteiger partial charge in [-0.15, -0.1) is 3.89 Å². The fourth-order valence-electron chi connectivity index (χ4n) is 5.62. The first-order valence-electron chi connectivity index (χ1n) is 12.9. The maximum absolute atomic E-state index is 14.0. The van der Waals surface area contributed by atoms with Gasteiger partial charge in [-0.05, 0) is 85.2 Å². The largest absolute Gasteiger partial charge is 0.340 e. The van der Waals surface area contributed by atoms with Crippen LogP contribution < -0.4 is 5.43 Å². The number of nitrogens with zero attached hydrogens (tertiary/aromatic N) is 2. The molecule has 2 aromatic heterocycles. The van der Waals surface area contributed by atoms with Crippen LogP contribution in [-0.4, -0.2) is 18.0 Å². The van der Waals surface area contributed by atoms with Gasteiger partial charge in [-0.3, -0.25) is 4.79 Å². The molecule has 1 saturated carbocycles. The highest BCUT2D eigenvalue weighted by Gasteiger charge is 2.26. The van der Waals surface area contributed by atoms with E-state index in [-0.39, 0.29) is 16.4 Å². The first-order valence-corrected chi connectivity index (χ1v) is 14.3. The number of aromatic nitrogens is 2. The molecule has 5 aromatic rings. The second-order valence-electron chi connectivity index (χ2n) is 10.1. The van der Waals surface area contributed by atoms with Gasteiger partial charge >= 0.3 is 10.2 Å². The Kier molecular flexibility index (Phi) is 5.84. The number of pyridine rings is 1. The van der Waals surface area contributed by atoms with E-state index in [1.807, 2.05) is 18.2 Å². The third-order valence-corrected chi connectivity index (χ3v) is 8.58. The molecule has 6 rings (SSSR count). The highest BCUT2D eigenvalue weighted by Crippen LogP contribution is 2.40. The fourth-order valence-corrected chi connectivity index (χ4v) is 6.12. The van der Waals surface area contributed by atoms with Crippen molar-refractivity contribution in [3.63, 3.8) is 0 Å². The standard InChI is InChI=1S/C30H26FN3O3S/c1-2-3-6-20-15-25-27(16-24(20)19-7-4-10-22(14-19)38(31,36)37)34(21-8-5-9-21)30-28(29(25)35)23-12-11-18(17-32)13-26(23)33-30/h4,7,10-16,21,33H,2-3,5-6,8-9H2,1H3. The number of nitrogens with one attached hydrogen (secondary N) is 1. The fraction of sp³-hybridized carbons (Fsp3) is 0.267. The summed E-state index contributed by atoms with van der Waals surface area (Å²) in [7, 11) is -4.86. The molecule has 6 nitrogen and oxygen atoms in total. The Bertz CT molecular complexity index is 1960. The summed E-state index contributed by atoms with van der Waals surface area (Å²) in [5.41, 5.74) is 5.00. The second-order valence-corrected chi connectivity index (χ2v) is 11.4. The first kappa shape index (κ1) is 24.4. The normalized spacial score (nSPS) is 14.2. The van der Waals surface area contributed by atoms with E-state index in [4.69, 9.17) is 0 Å². The predicted octanol–water partition coefficient (Wildman–Crippen LogP) is 6.90. The molecule has 0 amide bonds. The number of nitriles is 1. The number of H-pyrrole nitrogens is 1. The zero-order valence-electron chi connectivity index (χ0n) is 20.9. The number of aromatic amines is 1. The van der Waals surface area contributed by atoms with Gasteiger partial charge in [0.1, 0.15) is 5.65 Å². The minimum absolute atomic E-state index is 0.0779. The van der Waals surface area contributed by atoms with E-state index in [0.29, 0.717) is 28.3 Å². The summed E-state index contributed by atoms with van der Waals surface area (Å²) in [4.78, 5) is 17.1. The van der Waals surface area contributed by atoms with Crippen LogP contribution in [-0.2, 0) is 16.6 Å². The van der Waals surface area contributed by atoms with E-state index in [0.717, 1.165) is 65.3 Å². The lowest BCUT2D eigenvalue weighted by Gasteiger charge is -2.31. The number of halogens is 1. The third-order valence-electron chi connectivity index (χ3n) is 7.77. The summed E-state index contributed by atoms with van der Waals surface area (Å²) in [6.07, 6.45) is 5.60. The lowest BCUT2D eigenvalue weighted by Crippen LogP contribution is -2.21. The van der Waals surface area contributed by atoms with Crippen LogP contribution in [0.25, 0.3) is 44.0 Å². The monoisotopic (exact) mass is 527 g/mol. The molecule has 0 aliphatic heterocycles. The third kappa shape index (κ3) is 3.89. The van der Waals surface area contributed by atoms with Crippen LogP contribution in [0.4, 0.5) is 3.89 Å².